The summed E-state index contributed by atoms with van der Waals surface area (Å²) >= 11 is 0. The standard InChI is InChI=1S/C16H12O4S/c17-13-14(18)16(12-9-5-2-6-10-12)21(19,20)15(13)11-7-3-1-4-8-11/h1-10,15,18H. The van der Waals surface area contributed by atoms with Gasteiger partial charge in [-0.25, -0.2) is 8.42 Å². The van der Waals surface area contributed by atoms with Crippen LogP contribution < -0.4 is 0 Å². The van der Waals surface area contributed by atoms with Crippen molar-refractivity contribution in [2.75, 3.05) is 0 Å². The van der Waals surface area contributed by atoms with Gasteiger partial charge >= 0.3 is 0 Å². The first-order valence-corrected chi connectivity index (χ1v) is 7.90. The molecule has 106 valence electrons. The molecule has 1 aliphatic heterocycles. The predicted molar refractivity (Wildman–Crippen MR) is 79.1 cm³/mol. The molecule has 0 spiro atoms. The van der Waals surface area contributed by atoms with Crippen LogP contribution in [-0.2, 0) is 14.6 Å². The fourth-order valence-corrected chi connectivity index (χ4v) is 4.46. The molecule has 0 aliphatic carbocycles. The number of hydrogen-bond donors (Lipinski definition) is 1. The van der Waals surface area contributed by atoms with Gasteiger partial charge in [0.2, 0.25) is 5.78 Å². The number of rotatable bonds is 2. The number of aliphatic hydroxyl groups excluding tert-OH is 1. The van der Waals surface area contributed by atoms with E-state index in [0.29, 0.717) is 11.1 Å². The van der Waals surface area contributed by atoms with Crippen molar-refractivity contribution in [2.24, 2.45) is 0 Å². The molecule has 1 unspecified atom stereocenters. The Kier molecular flexibility index (Phi) is 3.14. The number of carbonyl (C=O) groups excluding carboxylic acids is 1. The summed E-state index contributed by atoms with van der Waals surface area (Å²) in [5.74, 6) is -1.46. The van der Waals surface area contributed by atoms with E-state index < -0.39 is 26.6 Å². The monoisotopic (exact) mass is 300 g/mol. The molecule has 3 rings (SSSR count). The average molecular weight is 300 g/mol. The molecule has 4 nitrogen and oxygen atoms in total. The van der Waals surface area contributed by atoms with Gasteiger partial charge < -0.3 is 5.11 Å². The summed E-state index contributed by atoms with van der Waals surface area (Å²) in [7, 11) is -3.95. The molecular formula is C16H12O4S. The molecule has 0 radical (unpaired) electrons. The van der Waals surface area contributed by atoms with Gasteiger partial charge in [0, 0.05) is 0 Å². The van der Waals surface area contributed by atoms with Gasteiger partial charge in [0.1, 0.15) is 4.91 Å². The molecule has 0 saturated heterocycles. The Labute approximate surface area is 122 Å². The van der Waals surface area contributed by atoms with Crippen LogP contribution in [0.1, 0.15) is 16.4 Å². The van der Waals surface area contributed by atoms with Crippen molar-refractivity contribution >= 4 is 20.5 Å². The Morgan fingerprint density at radius 3 is 1.95 bits per heavy atom. The molecule has 21 heavy (non-hydrogen) atoms. The molecule has 0 fully saturated rings. The highest BCUT2D eigenvalue weighted by atomic mass is 32.2. The molecular weight excluding hydrogens is 288 g/mol. The van der Waals surface area contributed by atoms with Crippen LogP contribution in [0, 0.1) is 0 Å². The van der Waals surface area contributed by atoms with E-state index in [9.17, 15) is 18.3 Å². The first kappa shape index (κ1) is 13.6. The molecule has 0 bridgehead atoms. The van der Waals surface area contributed by atoms with Gasteiger partial charge in [0.05, 0.1) is 0 Å². The van der Waals surface area contributed by atoms with Crippen molar-refractivity contribution < 1.29 is 18.3 Å². The molecule has 5 heteroatoms. The Balaban J connectivity index is 2.19. The van der Waals surface area contributed by atoms with Gasteiger partial charge in [-0.2, -0.15) is 0 Å². The van der Waals surface area contributed by atoms with Crippen LogP contribution in [0.2, 0.25) is 0 Å². The number of ketones is 1. The van der Waals surface area contributed by atoms with Crippen molar-refractivity contribution in [1.82, 2.24) is 0 Å². The van der Waals surface area contributed by atoms with Gasteiger partial charge in [-0.05, 0) is 11.1 Å². The van der Waals surface area contributed by atoms with Crippen LogP contribution in [0.25, 0.3) is 4.91 Å². The third kappa shape index (κ3) is 2.06. The van der Waals surface area contributed by atoms with Crippen LogP contribution in [0.4, 0.5) is 0 Å². The van der Waals surface area contributed by atoms with Gasteiger partial charge in [0.25, 0.3) is 0 Å². The molecule has 1 aliphatic rings. The van der Waals surface area contributed by atoms with E-state index in [1.807, 2.05) is 0 Å². The lowest BCUT2D eigenvalue weighted by Crippen LogP contribution is -2.15. The quantitative estimate of drug-likeness (QED) is 0.925. The predicted octanol–water partition coefficient (Wildman–Crippen LogP) is 2.65. The summed E-state index contributed by atoms with van der Waals surface area (Å²) in [6.07, 6.45) is 0. The summed E-state index contributed by atoms with van der Waals surface area (Å²) in [5, 5.41) is 8.66. The summed E-state index contributed by atoms with van der Waals surface area (Å²) in [6.45, 7) is 0. The molecule has 2 aromatic carbocycles. The Hall–Kier alpha value is -2.40. The maximum atomic E-state index is 12.7. The minimum atomic E-state index is -3.95. The normalized spacial score (nSPS) is 20.8. The fourth-order valence-electron chi connectivity index (χ4n) is 2.48. The van der Waals surface area contributed by atoms with Gasteiger partial charge in [-0.15, -0.1) is 0 Å². The van der Waals surface area contributed by atoms with E-state index in [1.165, 1.54) is 0 Å². The minimum Gasteiger partial charge on any atom is -0.503 e. The maximum absolute atomic E-state index is 12.7. The lowest BCUT2D eigenvalue weighted by molar-refractivity contribution is -0.117. The average Bonchev–Trinajstić information content (AvgIpc) is 2.66. The van der Waals surface area contributed by atoms with E-state index >= 15 is 0 Å². The van der Waals surface area contributed by atoms with Crippen molar-refractivity contribution in [3.05, 3.63) is 77.5 Å². The Morgan fingerprint density at radius 1 is 0.857 bits per heavy atom. The van der Waals surface area contributed by atoms with E-state index in [0.717, 1.165) is 0 Å². The lowest BCUT2D eigenvalue weighted by atomic mass is 10.1. The van der Waals surface area contributed by atoms with Crippen molar-refractivity contribution in [2.45, 2.75) is 5.25 Å². The van der Waals surface area contributed by atoms with E-state index in [1.54, 1.807) is 60.7 Å². The molecule has 0 aromatic heterocycles. The highest BCUT2D eigenvalue weighted by Crippen LogP contribution is 2.43. The second kappa shape index (κ2) is 4.86. The number of Topliss-reactive ketones (excluding diaryl/α,β-unsaturated/α-hetero) is 1. The van der Waals surface area contributed by atoms with E-state index in [-0.39, 0.29) is 4.91 Å². The van der Waals surface area contributed by atoms with Gasteiger partial charge in [-0.3, -0.25) is 4.79 Å². The number of allylic oxidation sites excluding steroid dienone is 1. The molecule has 0 saturated carbocycles. The molecule has 1 heterocycles. The second-order valence-electron chi connectivity index (χ2n) is 4.74. The molecule has 0 amide bonds. The van der Waals surface area contributed by atoms with Crippen molar-refractivity contribution in [3.8, 4) is 0 Å². The number of sulfone groups is 1. The van der Waals surface area contributed by atoms with Crippen molar-refractivity contribution in [3.63, 3.8) is 0 Å². The zero-order chi connectivity index (χ0) is 15.0. The van der Waals surface area contributed by atoms with E-state index in [4.69, 9.17) is 0 Å². The third-order valence-corrected chi connectivity index (χ3v) is 5.52. The summed E-state index contributed by atoms with van der Waals surface area (Å²) in [5.41, 5.74) is 0.682. The van der Waals surface area contributed by atoms with Gasteiger partial charge in [-0.1, -0.05) is 60.7 Å². The van der Waals surface area contributed by atoms with Crippen LogP contribution >= 0.6 is 0 Å². The van der Waals surface area contributed by atoms with Crippen LogP contribution in [-0.4, -0.2) is 19.3 Å². The third-order valence-electron chi connectivity index (χ3n) is 3.42. The minimum absolute atomic E-state index is 0.290. The Bertz CT molecular complexity index is 821. The SMILES string of the molecule is O=C1C(O)=C(c2ccccc2)S(=O)(=O)C1c1ccccc1. The smallest absolute Gasteiger partial charge is 0.221 e. The topological polar surface area (TPSA) is 71.4 Å². The summed E-state index contributed by atoms with van der Waals surface area (Å²) in [4.78, 5) is 11.9. The number of carbonyl (C=O) groups is 1. The maximum Gasteiger partial charge on any atom is 0.221 e. The number of hydrogen-bond acceptors (Lipinski definition) is 4. The molecule has 2 aromatic rings. The second-order valence-corrected chi connectivity index (χ2v) is 6.71. The van der Waals surface area contributed by atoms with Crippen LogP contribution in [0.15, 0.2) is 66.4 Å². The van der Waals surface area contributed by atoms with Crippen LogP contribution in [0.3, 0.4) is 0 Å². The van der Waals surface area contributed by atoms with Crippen LogP contribution in [0.5, 0.6) is 0 Å². The largest absolute Gasteiger partial charge is 0.503 e. The summed E-state index contributed by atoms with van der Waals surface area (Å²) in [6, 6.07) is 16.4. The van der Waals surface area contributed by atoms with Crippen molar-refractivity contribution in [1.29, 1.82) is 0 Å². The molecule has 1 N–H and O–H groups in total. The zero-order valence-corrected chi connectivity index (χ0v) is 11.7. The zero-order valence-electron chi connectivity index (χ0n) is 10.9. The summed E-state index contributed by atoms with van der Waals surface area (Å²) < 4.78 is 25.4. The first-order valence-electron chi connectivity index (χ1n) is 6.35. The number of aliphatic hydroxyl groups is 1. The highest BCUT2D eigenvalue weighted by Gasteiger charge is 2.48. The Morgan fingerprint density at radius 2 is 1.38 bits per heavy atom. The number of benzene rings is 2. The fraction of sp³-hybridized carbons (Fsp3) is 0.0625. The van der Waals surface area contributed by atoms with E-state index in [2.05, 4.69) is 0 Å². The van der Waals surface area contributed by atoms with Gasteiger partial charge in [0.15, 0.2) is 20.8 Å². The molecule has 1 atom stereocenters. The highest BCUT2D eigenvalue weighted by molar-refractivity contribution is 8.02. The lowest BCUT2D eigenvalue weighted by Gasteiger charge is -2.10. The first-order chi connectivity index (χ1) is 10.0.